The molecular weight excluding hydrogens is 160 g/mol. The molecule has 66 valence electrons. The van der Waals surface area contributed by atoms with Gasteiger partial charge in [0.1, 0.15) is 0 Å². The lowest BCUT2D eigenvalue weighted by atomic mass is 10.1. The number of fused-ring (bicyclic) bond motifs is 1. The fourth-order valence-corrected chi connectivity index (χ4v) is 1.85. The highest BCUT2D eigenvalue weighted by Gasteiger charge is 2.16. The molecule has 0 saturated heterocycles. The first-order chi connectivity index (χ1) is 6.35. The van der Waals surface area contributed by atoms with Crippen molar-refractivity contribution in [3.8, 4) is 0 Å². The molecule has 0 spiro atoms. The number of benzene rings is 1. The number of anilines is 1. The zero-order valence-electron chi connectivity index (χ0n) is 7.75. The summed E-state index contributed by atoms with van der Waals surface area (Å²) in [5, 5.41) is 0. The van der Waals surface area contributed by atoms with Crippen LogP contribution < -0.4 is 4.90 Å². The summed E-state index contributed by atoms with van der Waals surface area (Å²) in [5.41, 5.74) is 3.40. The molecule has 0 atom stereocenters. The second kappa shape index (κ2) is 3.10. The van der Waals surface area contributed by atoms with Gasteiger partial charge in [0.05, 0.1) is 6.57 Å². The zero-order valence-corrected chi connectivity index (χ0v) is 7.75. The highest BCUT2D eigenvalue weighted by molar-refractivity contribution is 5.64. The van der Waals surface area contributed by atoms with Gasteiger partial charge in [-0.1, -0.05) is 12.1 Å². The Morgan fingerprint density at radius 3 is 3.08 bits per heavy atom. The van der Waals surface area contributed by atoms with Crippen LogP contribution in [-0.4, -0.2) is 13.1 Å². The van der Waals surface area contributed by atoms with Crippen molar-refractivity contribution in [2.75, 3.05) is 18.0 Å². The lowest BCUT2D eigenvalue weighted by Gasteiger charge is -2.16. The molecule has 0 amide bonds. The largest absolute Gasteiger partial charge is 0.371 e. The van der Waals surface area contributed by atoms with Crippen molar-refractivity contribution in [1.29, 1.82) is 0 Å². The maximum atomic E-state index is 6.91. The fourth-order valence-electron chi connectivity index (χ4n) is 1.85. The van der Waals surface area contributed by atoms with E-state index in [1.165, 1.54) is 11.3 Å². The molecule has 2 rings (SSSR count). The van der Waals surface area contributed by atoms with Crippen LogP contribution in [0.2, 0.25) is 0 Å². The fraction of sp³-hybridized carbons (Fsp3) is 0.364. The highest BCUT2D eigenvalue weighted by atomic mass is 15.1. The van der Waals surface area contributed by atoms with E-state index in [2.05, 4.69) is 22.7 Å². The minimum Gasteiger partial charge on any atom is -0.371 e. The first-order valence-corrected chi connectivity index (χ1v) is 4.60. The Labute approximate surface area is 78.6 Å². The van der Waals surface area contributed by atoms with Gasteiger partial charge >= 0.3 is 0 Å². The molecule has 0 saturated carbocycles. The van der Waals surface area contributed by atoms with E-state index in [1.54, 1.807) is 0 Å². The molecule has 13 heavy (non-hydrogen) atoms. The summed E-state index contributed by atoms with van der Waals surface area (Å²) in [5.74, 6) is 0. The molecule has 0 aliphatic carbocycles. The van der Waals surface area contributed by atoms with Crippen LogP contribution >= 0.6 is 0 Å². The van der Waals surface area contributed by atoms with Crippen LogP contribution in [0.1, 0.15) is 12.5 Å². The first-order valence-electron chi connectivity index (χ1n) is 4.60. The summed E-state index contributed by atoms with van der Waals surface area (Å²) in [6, 6.07) is 5.98. The minimum absolute atomic E-state index is 0.761. The molecule has 1 aliphatic heterocycles. The molecular formula is C11H12N2. The quantitative estimate of drug-likeness (QED) is 0.591. The average molecular weight is 172 g/mol. The summed E-state index contributed by atoms with van der Waals surface area (Å²) < 4.78 is 0. The van der Waals surface area contributed by atoms with Gasteiger partial charge in [0.25, 0.3) is 0 Å². The van der Waals surface area contributed by atoms with E-state index in [0.29, 0.717) is 0 Å². The average Bonchev–Trinajstić information content (AvgIpc) is 2.59. The molecule has 0 radical (unpaired) electrons. The maximum Gasteiger partial charge on any atom is 0.187 e. The predicted molar refractivity (Wildman–Crippen MR) is 54.3 cm³/mol. The Kier molecular flexibility index (Phi) is 1.94. The van der Waals surface area contributed by atoms with E-state index in [4.69, 9.17) is 6.57 Å². The van der Waals surface area contributed by atoms with Crippen LogP contribution in [0, 0.1) is 6.57 Å². The highest BCUT2D eigenvalue weighted by Crippen LogP contribution is 2.30. The van der Waals surface area contributed by atoms with Crippen LogP contribution in [0.15, 0.2) is 18.2 Å². The van der Waals surface area contributed by atoms with Crippen LogP contribution in [-0.2, 0) is 6.42 Å². The summed E-state index contributed by atoms with van der Waals surface area (Å²) in [7, 11) is 0. The van der Waals surface area contributed by atoms with Gasteiger partial charge in [0.2, 0.25) is 0 Å². The molecule has 1 aromatic carbocycles. The van der Waals surface area contributed by atoms with E-state index in [9.17, 15) is 0 Å². The smallest absolute Gasteiger partial charge is 0.187 e. The van der Waals surface area contributed by atoms with Gasteiger partial charge < -0.3 is 4.90 Å². The van der Waals surface area contributed by atoms with Crippen LogP contribution in [0.5, 0.6) is 0 Å². The van der Waals surface area contributed by atoms with Crippen molar-refractivity contribution in [3.05, 3.63) is 35.2 Å². The van der Waals surface area contributed by atoms with Gasteiger partial charge in [-0.05, 0) is 25.0 Å². The second-order valence-electron chi connectivity index (χ2n) is 3.25. The van der Waals surface area contributed by atoms with E-state index in [1.807, 2.05) is 12.1 Å². The van der Waals surface area contributed by atoms with Crippen LogP contribution in [0.4, 0.5) is 11.4 Å². The van der Waals surface area contributed by atoms with E-state index >= 15 is 0 Å². The third-order valence-corrected chi connectivity index (χ3v) is 2.57. The number of rotatable bonds is 1. The number of likely N-dealkylation sites (N-methyl/N-ethyl adjacent to an activating group) is 1. The Morgan fingerprint density at radius 2 is 2.38 bits per heavy atom. The van der Waals surface area contributed by atoms with Crippen molar-refractivity contribution in [2.24, 2.45) is 0 Å². The van der Waals surface area contributed by atoms with Crippen molar-refractivity contribution in [2.45, 2.75) is 13.3 Å². The summed E-state index contributed by atoms with van der Waals surface area (Å²) in [4.78, 5) is 5.78. The molecule has 0 N–H and O–H groups in total. The van der Waals surface area contributed by atoms with E-state index in [0.717, 1.165) is 25.2 Å². The lowest BCUT2D eigenvalue weighted by Crippen LogP contribution is -2.18. The number of hydrogen-bond acceptors (Lipinski definition) is 1. The Morgan fingerprint density at radius 1 is 1.54 bits per heavy atom. The molecule has 2 nitrogen and oxygen atoms in total. The first kappa shape index (κ1) is 8.12. The molecule has 2 heteroatoms. The maximum absolute atomic E-state index is 6.91. The topological polar surface area (TPSA) is 7.60 Å². The standard InChI is InChI=1S/C11H12N2/c1-3-13-7-6-9-8-10(12-2)4-5-11(9)13/h4-5,8H,3,6-7H2,1H3. The predicted octanol–water partition coefficient (Wildman–Crippen LogP) is 2.62. The van der Waals surface area contributed by atoms with E-state index < -0.39 is 0 Å². The SMILES string of the molecule is [C-]#[N+]c1ccc2c(c1)CCN2CC. The Bertz CT molecular complexity index is 363. The second-order valence-corrected chi connectivity index (χ2v) is 3.25. The number of hydrogen-bond donors (Lipinski definition) is 0. The summed E-state index contributed by atoms with van der Waals surface area (Å²) >= 11 is 0. The summed E-state index contributed by atoms with van der Waals surface area (Å²) in [6.45, 7) is 11.2. The normalized spacial score (nSPS) is 14.0. The van der Waals surface area contributed by atoms with Crippen molar-refractivity contribution in [1.82, 2.24) is 0 Å². The van der Waals surface area contributed by atoms with Gasteiger partial charge in [-0.15, -0.1) is 0 Å². The lowest BCUT2D eigenvalue weighted by molar-refractivity contribution is 0.868. The van der Waals surface area contributed by atoms with Gasteiger partial charge in [-0.2, -0.15) is 0 Å². The van der Waals surface area contributed by atoms with Gasteiger partial charge in [0.15, 0.2) is 5.69 Å². The van der Waals surface area contributed by atoms with Gasteiger partial charge in [-0.25, -0.2) is 4.85 Å². The minimum atomic E-state index is 0.761. The molecule has 0 unspecified atom stereocenters. The molecule has 0 fully saturated rings. The van der Waals surface area contributed by atoms with Crippen molar-refractivity contribution >= 4 is 11.4 Å². The van der Waals surface area contributed by atoms with Crippen molar-refractivity contribution in [3.63, 3.8) is 0 Å². The monoisotopic (exact) mass is 172 g/mol. The third-order valence-electron chi connectivity index (χ3n) is 2.57. The van der Waals surface area contributed by atoms with E-state index in [-0.39, 0.29) is 0 Å². The number of nitrogens with zero attached hydrogens (tertiary/aromatic N) is 2. The van der Waals surface area contributed by atoms with Gasteiger partial charge in [-0.3, -0.25) is 0 Å². The Balaban J connectivity index is 2.41. The summed E-state index contributed by atoms with van der Waals surface area (Å²) in [6.07, 6.45) is 1.09. The third kappa shape index (κ3) is 1.27. The zero-order chi connectivity index (χ0) is 9.26. The van der Waals surface area contributed by atoms with Crippen molar-refractivity contribution < 1.29 is 0 Å². The molecule has 1 aliphatic rings. The van der Waals surface area contributed by atoms with Crippen LogP contribution in [0.3, 0.4) is 0 Å². The van der Waals surface area contributed by atoms with Gasteiger partial charge in [0, 0.05) is 18.8 Å². The molecule has 1 aromatic rings. The molecule has 0 bridgehead atoms. The molecule has 1 heterocycles. The van der Waals surface area contributed by atoms with Crippen LogP contribution in [0.25, 0.3) is 4.85 Å². The molecule has 0 aromatic heterocycles. The Hall–Kier alpha value is -1.49.